The number of hydrogen-bond donors (Lipinski definition) is 0. The molecule has 0 spiro atoms. The van der Waals surface area contributed by atoms with Gasteiger partial charge in [-0.1, -0.05) is 127 Å². The molecule has 0 atom stereocenters. The predicted octanol–water partition coefficient (Wildman–Crippen LogP) is 17.2. The fraction of sp³-hybridized carbons (Fsp3) is 0. The second-order valence-electron chi connectivity index (χ2n) is 18.2. The van der Waals surface area contributed by atoms with Gasteiger partial charge in [0.15, 0.2) is 0 Å². The van der Waals surface area contributed by atoms with Crippen LogP contribution in [0.5, 0.6) is 11.6 Å². The second kappa shape index (κ2) is 21.1. The molecule has 0 fully saturated rings. The van der Waals surface area contributed by atoms with E-state index in [1.54, 1.807) is 6.20 Å². The van der Waals surface area contributed by atoms with Crippen molar-refractivity contribution in [3.8, 4) is 112 Å². The maximum Gasteiger partial charge on any atom is 3.00 e. The molecule has 5 aromatic heterocycles. The average Bonchev–Trinajstić information content (AvgIpc) is 3.52. The molecule has 358 valence electrons. The molecule has 0 saturated heterocycles. The minimum Gasteiger partial charge on any atom is -0.459 e. The van der Waals surface area contributed by atoms with E-state index < -0.39 is 0 Å². The van der Waals surface area contributed by atoms with E-state index >= 15 is 0 Å². The zero-order valence-corrected chi connectivity index (χ0v) is 43.1. The first-order valence-corrected chi connectivity index (χ1v) is 24.8. The van der Waals surface area contributed by atoms with Crippen LogP contribution in [0.25, 0.3) is 122 Å². The first-order chi connectivity index (χ1) is 37.1. The van der Waals surface area contributed by atoms with Crippen LogP contribution in [0.15, 0.2) is 255 Å². The van der Waals surface area contributed by atoms with Gasteiger partial charge in [0, 0.05) is 47.4 Å². The van der Waals surface area contributed by atoms with Crippen molar-refractivity contribution in [3.63, 3.8) is 0 Å². The average molecular weight is 1150 g/mol. The maximum absolute atomic E-state index is 6.35. The van der Waals surface area contributed by atoms with Crippen molar-refractivity contribution in [1.29, 1.82) is 0 Å². The molecule has 8 aromatic carbocycles. The Morgan fingerprint density at radius 2 is 0.750 bits per heavy atom. The van der Waals surface area contributed by atoms with Crippen molar-refractivity contribution in [3.05, 3.63) is 274 Å². The SMILES string of the molecule is [Ir+3].[c-]1ccccc1-c1ccc(-c2ccccc2-c2cc(-c3ccccc3-c3ccc(-c4[c-]cccc4)nc3)cc(-c3ccccc3-c3ccc(-c4[c-]ccc(Oc5ccc6ccc7cccnc7c6n5)c4)nc3)c2)cn1. The molecule has 13 rings (SSSR count). The summed E-state index contributed by atoms with van der Waals surface area (Å²) in [6, 6.07) is 88.9. The molecule has 0 bridgehead atoms. The maximum atomic E-state index is 6.35. The third-order valence-electron chi connectivity index (χ3n) is 13.5. The van der Waals surface area contributed by atoms with Crippen molar-refractivity contribution in [2.45, 2.75) is 0 Å². The van der Waals surface area contributed by atoms with Crippen LogP contribution in [0.1, 0.15) is 0 Å². The van der Waals surface area contributed by atoms with Gasteiger partial charge in [0.1, 0.15) is 5.52 Å². The van der Waals surface area contributed by atoms with Gasteiger partial charge in [-0.25, -0.2) is 4.98 Å². The van der Waals surface area contributed by atoms with E-state index in [1.165, 1.54) is 0 Å². The third kappa shape index (κ3) is 9.60. The fourth-order valence-electron chi connectivity index (χ4n) is 9.84. The number of hydrogen-bond acceptors (Lipinski definition) is 6. The minimum atomic E-state index is 0. The molecule has 13 aromatic rings. The molecule has 0 amide bonds. The number of nitrogens with zero attached hydrogens (tertiary/aromatic N) is 5. The van der Waals surface area contributed by atoms with Crippen LogP contribution in [-0.2, 0) is 20.1 Å². The number of fused-ring (bicyclic) bond motifs is 3. The summed E-state index contributed by atoms with van der Waals surface area (Å²) in [4.78, 5) is 24.3. The van der Waals surface area contributed by atoms with Crippen LogP contribution in [0.3, 0.4) is 0 Å². The molecule has 0 saturated carbocycles. The quantitative estimate of drug-likeness (QED) is 0.0949. The zero-order valence-electron chi connectivity index (χ0n) is 40.7. The Kier molecular flexibility index (Phi) is 13.2. The summed E-state index contributed by atoms with van der Waals surface area (Å²) in [7, 11) is 0. The molecular formula is C69H42IrN5O. The van der Waals surface area contributed by atoms with E-state index in [0.29, 0.717) is 11.6 Å². The van der Waals surface area contributed by atoms with Gasteiger partial charge in [-0.15, -0.1) is 102 Å². The van der Waals surface area contributed by atoms with Gasteiger partial charge in [-0.2, -0.15) is 0 Å². The van der Waals surface area contributed by atoms with Gasteiger partial charge in [-0.3, -0.25) is 4.98 Å². The first kappa shape index (κ1) is 47.5. The number of pyridine rings is 5. The smallest absolute Gasteiger partial charge is 0.459 e. The van der Waals surface area contributed by atoms with Gasteiger partial charge in [-0.05, 0) is 114 Å². The second-order valence-corrected chi connectivity index (χ2v) is 18.2. The summed E-state index contributed by atoms with van der Waals surface area (Å²) < 4.78 is 6.35. The molecule has 5 heterocycles. The fourth-order valence-corrected chi connectivity index (χ4v) is 9.84. The molecule has 76 heavy (non-hydrogen) atoms. The molecule has 6 nitrogen and oxygen atoms in total. The zero-order chi connectivity index (χ0) is 49.9. The molecule has 0 radical (unpaired) electrons. The van der Waals surface area contributed by atoms with Crippen LogP contribution in [0.2, 0.25) is 0 Å². The van der Waals surface area contributed by atoms with Gasteiger partial charge in [0.2, 0.25) is 5.88 Å². The van der Waals surface area contributed by atoms with Crippen molar-refractivity contribution in [1.82, 2.24) is 24.9 Å². The Morgan fingerprint density at radius 3 is 1.21 bits per heavy atom. The van der Waals surface area contributed by atoms with Gasteiger partial charge >= 0.3 is 20.1 Å². The van der Waals surface area contributed by atoms with Crippen molar-refractivity contribution in [2.75, 3.05) is 0 Å². The van der Waals surface area contributed by atoms with Gasteiger partial charge in [0.05, 0.1) is 5.52 Å². The Bertz CT molecular complexity index is 4040. The molecule has 0 unspecified atom stereocenters. The molecule has 0 aliphatic rings. The van der Waals surface area contributed by atoms with E-state index in [2.05, 4.69) is 157 Å². The van der Waals surface area contributed by atoms with E-state index in [0.717, 1.165) is 122 Å². The summed E-state index contributed by atoms with van der Waals surface area (Å²) in [6.45, 7) is 0. The van der Waals surface area contributed by atoms with E-state index in [4.69, 9.17) is 24.7 Å². The monoisotopic (exact) mass is 1150 g/mol. The van der Waals surface area contributed by atoms with Crippen LogP contribution in [0.4, 0.5) is 0 Å². The standard InChI is InChI=1S/C69H42N5O.Ir/c1-3-15-46(16-4-1)64-34-30-51(43-71-64)58-22-7-10-25-61(58)54-39-55(62-26-11-8-23-59(62)52-31-35-65(72-44-52)47-17-5-2-6-18-47)41-56(40-54)63-27-12-9-24-60(63)53-32-36-66(73-45-53)50-19-13-21-57(42-50)75-67-37-33-49-29-28-48-20-14-38-70-68(48)69(49)74-67;/h1-15,17,20-45H;/q-3;+3. The van der Waals surface area contributed by atoms with Crippen LogP contribution < -0.4 is 4.74 Å². The largest absolute Gasteiger partial charge is 3.00 e. The summed E-state index contributed by atoms with van der Waals surface area (Å²) in [5.74, 6) is 1.12. The molecule has 0 N–H and O–H groups in total. The summed E-state index contributed by atoms with van der Waals surface area (Å²) in [6.07, 6.45) is 7.67. The third-order valence-corrected chi connectivity index (χ3v) is 13.5. The number of aromatic nitrogens is 5. The van der Waals surface area contributed by atoms with Crippen LogP contribution in [-0.4, -0.2) is 24.9 Å². The Balaban J connectivity index is 0.00000582. The molecule has 0 aliphatic carbocycles. The molecule has 7 heteroatoms. The normalized spacial score (nSPS) is 11.1. The molecule has 0 aliphatic heterocycles. The number of benzene rings is 8. The first-order valence-electron chi connectivity index (χ1n) is 24.8. The molecular weight excluding hydrogens is 1110 g/mol. The van der Waals surface area contributed by atoms with Crippen molar-refractivity contribution in [2.24, 2.45) is 0 Å². The van der Waals surface area contributed by atoms with Gasteiger partial charge < -0.3 is 19.7 Å². The van der Waals surface area contributed by atoms with Crippen LogP contribution in [0, 0.1) is 18.2 Å². The van der Waals surface area contributed by atoms with Crippen molar-refractivity contribution >= 4 is 21.8 Å². The number of rotatable bonds is 11. The Hall–Kier alpha value is -9.52. The predicted molar refractivity (Wildman–Crippen MR) is 302 cm³/mol. The van der Waals surface area contributed by atoms with Gasteiger partial charge in [0.25, 0.3) is 0 Å². The van der Waals surface area contributed by atoms with E-state index in [9.17, 15) is 0 Å². The Morgan fingerprint density at radius 1 is 0.316 bits per heavy atom. The van der Waals surface area contributed by atoms with E-state index in [1.807, 2.05) is 116 Å². The summed E-state index contributed by atoms with van der Waals surface area (Å²) in [5.41, 5.74) is 19.6. The topological polar surface area (TPSA) is 73.7 Å². The van der Waals surface area contributed by atoms with Crippen molar-refractivity contribution < 1.29 is 24.8 Å². The Labute approximate surface area is 454 Å². The van der Waals surface area contributed by atoms with E-state index in [-0.39, 0.29) is 20.1 Å². The summed E-state index contributed by atoms with van der Waals surface area (Å²) in [5, 5.41) is 2.03. The van der Waals surface area contributed by atoms with Crippen LogP contribution >= 0.6 is 0 Å². The minimum absolute atomic E-state index is 0. The number of ether oxygens (including phenoxy) is 1. The summed E-state index contributed by atoms with van der Waals surface area (Å²) >= 11 is 0.